The van der Waals surface area contributed by atoms with Crippen LogP contribution in [0.4, 0.5) is 4.39 Å². The van der Waals surface area contributed by atoms with Gasteiger partial charge in [0.25, 0.3) is 0 Å². The lowest BCUT2D eigenvalue weighted by molar-refractivity contribution is 0.304. The zero-order valence-electron chi connectivity index (χ0n) is 13.3. The zero-order chi connectivity index (χ0) is 15.3. The molecule has 0 N–H and O–H groups in total. The first-order valence-corrected chi connectivity index (χ1v) is 6.64. The Labute approximate surface area is 121 Å². The number of benzene rings is 1. The van der Waals surface area contributed by atoms with Gasteiger partial charge in [-0.15, -0.1) is 0 Å². The molecule has 0 aliphatic heterocycles. The van der Waals surface area contributed by atoms with E-state index in [2.05, 4.69) is 9.89 Å². The van der Waals surface area contributed by atoms with Crippen LogP contribution in [-0.2, 0) is 0 Å². The Morgan fingerprint density at radius 1 is 1.00 bits per heavy atom. The molecule has 20 heavy (non-hydrogen) atoms. The summed E-state index contributed by atoms with van der Waals surface area (Å²) < 4.78 is 13.0. The number of guanidine groups is 1. The van der Waals surface area contributed by atoms with Gasteiger partial charge in [0.2, 0.25) is 0 Å². The van der Waals surface area contributed by atoms with Gasteiger partial charge in [-0.1, -0.05) is 12.1 Å². The highest BCUT2D eigenvalue weighted by Gasteiger charge is 2.15. The number of hydrogen-bond acceptors (Lipinski definition) is 2. The van der Waals surface area contributed by atoms with E-state index in [1.165, 1.54) is 12.1 Å². The quantitative estimate of drug-likeness (QED) is 0.621. The molecule has 0 aliphatic carbocycles. The highest BCUT2D eigenvalue weighted by Crippen LogP contribution is 2.19. The summed E-state index contributed by atoms with van der Waals surface area (Å²) in [5, 5.41) is 0. The minimum atomic E-state index is -0.211. The maximum absolute atomic E-state index is 13.0. The lowest BCUT2D eigenvalue weighted by Gasteiger charge is -2.26. The Morgan fingerprint density at radius 3 is 1.90 bits per heavy atom. The molecule has 0 aliphatic rings. The average molecular weight is 280 g/mol. The second-order valence-electron chi connectivity index (χ2n) is 5.46. The molecule has 1 unspecified atom stereocenters. The van der Waals surface area contributed by atoms with Crippen LogP contribution in [0.2, 0.25) is 0 Å². The van der Waals surface area contributed by atoms with Crippen LogP contribution in [0.5, 0.6) is 0 Å². The van der Waals surface area contributed by atoms with Gasteiger partial charge in [0.15, 0.2) is 5.96 Å². The minimum Gasteiger partial charge on any atom is -0.349 e. The lowest BCUT2D eigenvalue weighted by atomic mass is 10.1. The van der Waals surface area contributed by atoms with E-state index in [1.54, 1.807) is 0 Å². The van der Waals surface area contributed by atoms with E-state index in [4.69, 9.17) is 0 Å². The summed E-state index contributed by atoms with van der Waals surface area (Å²) in [5.74, 6) is 0.705. The smallest absolute Gasteiger partial charge is 0.195 e. The Kier molecular flexibility index (Phi) is 5.95. The first-order chi connectivity index (χ1) is 9.32. The molecule has 0 fully saturated rings. The zero-order valence-corrected chi connectivity index (χ0v) is 13.3. The number of halogens is 1. The maximum atomic E-state index is 13.0. The van der Waals surface area contributed by atoms with Gasteiger partial charge in [-0.05, 0) is 31.8 Å². The van der Waals surface area contributed by atoms with Crippen LogP contribution in [0.1, 0.15) is 11.6 Å². The molecule has 1 aromatic carbocycles. The van der Waals surface area contributed by atoms with Gasteiger partial charge in [-0.25, -0.2) is 4.39 Å². The Balaban J connectivity index is 2.93. The second-order valence-corrected chi connectivity index (χ2v) is 5.46. The van der Waals surface area contributed by atoms with Crippen molar-refractivity contribution in [2.45, 2.75) is 6.04 Å². The molecule has 4 nitrogen and oxygen atoms in total. The normalized spacial score (nSPS) is 12.2. The molecule has 0 bridgehead atoms. The standard InChI is InChI=1S/C15H25FN4/c1-18(2)14(12-7-9-13(16)10-8-12)11-17-15(19(3)4)20(5)6/h7-10,14H,11H2,1-6H3. The predicted octanol–water partition coefficient (Wildman–Crippen LogP) is 1.91. The van der Waals surface area contributed by atoms with E-state index in [1.807, 2.05) is 64.2 Å². The molecule has 1 atom stereocenters. The first kappa shape index (κ1) is 16.4. The fraction of sp³-hybridized carbons (Fsp3) is 0.533. The third-order valence-corrected chi connectivity index (χ3v) is 3.08. The van der Waals surface area contributed by atoms with Crippen molar-refractivity contribution in [1.82, 2.24) is 14.7 Å². The fourth-order valence-electron chi connectivity index (χ4n) is 2.10. The number of likely N-dealkylation sites (N-methyl/N-ethyl adjacent to an activating group) is 1. The average Bonchev–Trinajstić information content (AvgIpc) is 2.34. The Bertz CT molecular complexity index is 428. The van der Waals surface area contributed by atoms with Gasteiger partial charge >= 0.3 is 0 Å². The van der Waals surface area contributed by atoms with E-state index < -0.39 is 0 Å². The third-order valence-electron chi connectivity index (χ3n) is 3.08. The van der Waals surface area contributed by atoms with E-state index >= 15 is 0 Å². The van der Waals surface area contributed by atoms with Crippen molar-refractivity contribution in [3.05, 3.63) is 35.6 Å². The topological polar surface area (TPSA) is 22.1 Å². The van der Waals surface area contributed by atoms with Crippen molar-refractivity contribution in [3.63, 3.8) is 0 Å². The third kappa shape index (κ3) is 4.49. The van der Waals surface area contributed by atoms with Gasteiger partial charge in [0, 0.05) is 28.2 Å². The summed E-state index contributed by atoms with van der Waals surface area (Å²) in [6, 6.07) is 6.76. The molecular formula is C15H25FN4. The van der Waals surface area contributed by atoms with Crippen LogP contribution in [0, 0.1) is 5.82 Å². The number of aliphatic imine (C=N–C) groups is 1. The van der Waals surface area contributed by atoms with E-state index in [9.17, 15) is 4.39 Å². The molecule has 0 saturated carbocycles. The van der Waals surface area contributed by atoms with Gasteiger partial charge in [-0.3, -0.25) is 4.99 Å². The summed E-state index contributed by atoms with van der Waals surface area (Å²) in [6.07, 6.45) is 0. The van der Waals surface area contributed by atoms with Crippen molar-refractivity contribution in [1.29, 1.82) is 0 Å². The SMILES string of the molecule is CN(C)C(=NCC(c1ccc(F)cc1)N(C)C)N(C)C. The van der Waals surface area contributed by atoms with Crippen LogP contribution in [0.15, 0.2) is 29.3 Å². The van der Waals surface area contributed by atoms with Crippen LogP contribution in [0.3, 0.4) is 0 Å². The molecule has 0 spiro atoms. The van der Waals surface area contributed by atoms with Crippen molar-refractivity contribution in [3.8, 4) is 0 Å². The number of hydrogen-bond donors (Lipinski definition) is 0. The van der Waals surface area contributed by atoms with E-state index in [0.29, 0.717) is 6.54 Å². The molecule has 0 radical (unpaired) electrons. The van der Waals surface area contributed by atoms with Gasteiger partial charge in [0.05, 0.1) is 12.6 Å². The van der Waals surface area contributed by atoms with Crippen molar-refractivity contribution >= 4 is 5.96 Å². The molecule has 0 heterocycles. The molecule has 1 aromatic rings. The molecule has 1 rings (SSSR count). The van der Waals surface area contributed by atoms with Crippen LogP contribution in [-0.4, -0.2) is 69.5 Å². The largest absolute Gasteiger partial charge is 0.349 e. The van der Waals surface area contributed by atoms with Gasteiger partial charge in [-0.2, -0.15) is 0 Å². The molecule has 0 amide bonds. The second kappa shape index (κ2) is 7.24. The Morgan fingerprint density at radius 2 is 1.50 bits per heavy atom. The van der Waals surface area contributed by atoms with Crippen LogP contribution in [0.25, 0.3) is 0 Å². The van der Waals surface area contributed by atoms with Crippen molar-refractivity contribution in [2.75, 3.05) is 48.8 Å². The van der Waals surface area contributed by atoms with Crippen molar-refractivity contribution < 1.29 is 4.39 Å². The summed E-state index contributed by atoms with van der Waals surface area (Å²) in [4.78, 5) is 10.7. The fourth-order valence-corrected chi connectivity index (χ4v) is 2.10. The monoisotopic (exact) mass is 280 g/mol. The molecule has 0 saturated heterocycles. The minimum absolute atomic E-state index is 0.130. The summed E-state index contributed by atoms with van der Waals surface area (Å²) in [7, 11) is 11.9. The summed E-state index contributed by atoms with van der Waals surface area (Å²) in [6.45, 7) is 0.629. The highest BCUT2D eigenvalue weighted by atomic mass is 19.1. The predicted molar refractivity (Wildman–Crippen MR) is 82.5 cm³/mol. The molecule has 5 heteroatoms. The van der Waals surface area contributed by atoms with E-state index in [-0.39, 0.29) is 11.9 Å². The first-order valence-electron chi connectivity index (χ1n) is 6.64. The Hall–Kier alpha value is -1.62. The molecule has 112 valence electrons. The summed E-state index contributed by atoms with van der Waals surface area (Å²) in [5.41, 5.74) is 1.07. The van der Waals surface area contributed by atoms with Crippen LogP contribution < -0.4 is 0 Å². The number of rotatable bonds is 4. The van der Waals surface area contributed by atoms with Crippen molar-refractivity contribution in [2.24, 2.45) is 4.99 Å². The maximum Gasteiger partial charge on any atom is 0.195 e. The highest BCUT2D eigenvalue weighted by molar-refractivity contribution is 5.79. The molecular weight excluding hydrogens is 255 g/mol. The van der Waals surface area contributed by atoms with Gasteiger partial charge < -0.3 is 14.7 Å². The van der Waals surface area contributed by atoms with E-state index in [0.717, 1.165) is 11.5 Å². The van der Waals surface area contributed by atoms with Gasteiger partial charge in [0.1, 0.15) is 5.82 Å². The van der Waals surface area contributed by atoms with Crippen LogP contribution >= 0.6 is 0 Å². The number of nitrogens with zero attached hydrogens (tertiary/aromatic N) is 4. The molecule has 0 aromatic heterocycles. The lowest BCUT2D eigenvalue weighted by Crippen LogP contribution is -2.36. The summed E-state index contributed by atoms with van der Waals surface area (Å²) >= 11 is 0.